The van der Waals surface area contributed by atoms with E-state index in [1.54, 1.807) is 6.07 Å². The molecule has 1 saturated heterocycles. The molecule has 20 heavy (non-hydrogen) atoms. The fourth-order valence-electron chi connectivity index (χ4n) is 3.06. The van der Waals surface area contributed by atoms with Crippen LogP contribution in [0.2, 0.25) is 0 Å². The molecule has 112 valence electrons. The van der Waals surface area contributed by atoms with Gasteiger partial charge in [-0.15, -0.1) is 0 Å². The third-order valence-corrected chi connectivity index (χ3v) is 4.39. The van der Waals surface area contributed by atoms with Crippen LogP contribution in [-0.4, -0.2) is 49.6 Å². The van der Waals surface area contributed by atoms with Crippen molar-refractivity contribution in [3.8, 4) is 0 Å². The second kappa shape index (κ2) is 6.66. The van der Waals surface area contributed by atoms with Crippen LogP contribution in [0.3, 0.4) is 0 Å². The Bertz CT molecular complexity index is 447. The van der Waals surface area contributed by atoms with Gasteiger partial charge in [-0.1, -0.05) is 12.1 Å². The van der Waals surface area contributed by atoms with E-state index >= 15 is 0 Å². The zero-order chi connectivity index (χ0) is 14.7. The van der Waals surface area contributed by atoms with Gasteiger partial charge in [0.15, 0.2) is 0 Å². The normalized spacial score (nSPS) is 22.2. The largest absolute Gasteiger partial charge is 0.329 e. The van der Waals surface area contributed by atoms with Crippen LogP contribution in [0, 0.1) is 12.7 Å². The molecule has 0 radical (unpaired) electrons. The first-order chi connectivity index (χ1) is 9.52. The average Bonchev–Trinajstić information content (AvgIpc) is 2.44. The van der Waals surface area contributed by atoms with Gasteiger partial charge in [-0.3, -0.25) is 4.90 Å². The first-order valence-corrected chi connectivity index (χ1v) is 7.39. The van der Waals surface area contributed by atoms with E-state index in [-0.39, 0.29) is 11.9 Å². The van der Waals surface area contributed by atoms with E-state index < -0.39 is 0 Å². The number of likely N-dealkylation sites (tertiary alicyclic amines) is 1. The molecule has 1 aromatic carbocycles. The summed E-state index contributed by atoms with van der Waals surface area (Å²) in [6.07, 6.45) is 2.43. The Kier molecular flexibility index (Phi) is 5.13. The quantitative estimate of drug-likeness (QED) is 0.917. The fraction of sp³-hybridized carbons (Fsp3) is 0.625. The third-order valence-electron chi connectivity index (χ3n) is 4.39. The number of hydrogen-bond acceptors (Lipinski definition) is 3. The summed E-state index contributed by atoms with van der Waals surface area (Å²) in [5.41, 5.74) is 7.82. The Morgan fingerprint density at radius 2 is 2.20 bits per heavy atom. The highest BCUT2D eigenvalue weighted by molar-refractivity contribution is 5.27. The van der Waals surface area contributed by atoms with Crippen molar-refractivity contribution in [2.75, 3.05) is 33.7 Å². The van der Waals surface area contributed by atoms with Crippen molar-refractivity contribution >= 4 is 0 Å². The lowest BCUT2D eigenvalue weighted by molar-refractivity contribution is 0.0984. The summed E-state index contributed by atoms with van der Waals surface area (Å²) >= 11 is 0. The van der Waals surface area contributed by atoms with Crippen molar-refractivity contribution in [1.29, 1.82) is 0 Å². The summed E-state index contributed by atoms with van der Waals surface area (Å²) in [5, 5.41) is 0. The van der Waals surface area contributed by atoms with Crippen LogP contribution in [0.25, 0.3) is 0 Å². The third kappa shape index (κ3) is 3.37. The molecule has 2 N–H and O–H groups in total. The molecule has 1 heterocycles. The zero-order valence-electron chi connectivity index (χ0n) is 12.8. The average molecular weight is 279 g/mol. The van der Waals surface area contributed by atoms with E-state index in [0.717, 1.165) is 18.7 Å². The molecule has 2 atom stereocenters. The van der Waals surface area contributed by atoms with Crippen LogP contribution >= 0.6 is 0 Å². The van der Waals surface area contributed by atoms with Crippen LogP contribution in [0.5, 0.6) is 0 Å². The molecule has 0 bridgehead atoms. The van der Waals surface area contributed by atoms with Gasteiger partial charge in [0.25, 0.3) is 0 Å². The minimum atomic E-state index is -0.144. The summed E-state index contributed by atoms with van der Waals surface area (Å²) in [4.78, 5) is 4.73. The number of aryl methyl sites for hydroxylation is 1. The van der Waals surface area contributed by atoms with E-state index in [9.17, 15) is 4.39 Å². The van der Waals surface area contributed by atoms with E-state index in [0.29, 0.717) is 18.2 Å². The van der Waals surface area contributed by atoms with Crippen LogP contribution < -0.4 is 5.73 Å². The lowest BCUT2D eigenvalue weighted by Gasteiger charge is -2.40. The number of piperidine rings is 1. The predicted octanol–water partition coefficient (Wildman–Crippen LogP) is 2.16. The van der Waals surface area contributed by atoms with E-state index in [4.69, 9.17) is 5.73 Å². The number of nitrogens with two attached hydrogens (primary N) is 1. The molecule has 2 rings (SSSR count). The Labute approximate surface area is 121 Å². The standard InChI is InChI=1S/C16H26FN3/c1-12-9-13(6-7-15(12)17)16(10-18)20-8-4-5-14(11-20)19(2)3/h6-7,9,14,16H,4-5,8,10-11,18H2,1-3H3. The van der Waals surface area contributed by atoms with Gasteiger partial charge in [-0.25, -0.2) is 4.39 Å². The van der Waals surface area contributed by atoms with Gasteiger partial charge >= 0.3 is 0 Å². The van der Waals surface area contributed by atoms with Crippen molar-refractivity contribution in [3.63, 3.8) is 0 Å². The highest BCUT2D eigenvalue weighted by atomic mass is 19.1. The molecule has 3 nitrogen and oxygen atoms in total. The number of hydrogen-bond donors (Lipinski definition) is 1. The molecule has 0 amide bonds. The van der Waals surface area contributed by atoms with Crippen LogP contribution in [-0.2, 0) is 0 Å². The molecule has 0 aliphatic carbocycles. The lowest BCUT2D eigenvalue weighted by Crippen LogP contribution is -2.47. The van der Waals surface area contributed by atoms with Crippen LogP contribution in [0.15, 0.2) is 18.2 Å². The van der Waals surface area contributed by atoms with Crippen molar-refractivity contribution in [1.82, 2.24) is 9.80 Å². The molecular weight excluding hydrogens is 253 g/mol. The number of benzene rings is 1. The number of rotatable bonds is 4. The Morgan fingerprint density at radius 3 is 2.80 bits per heavy atom. The Morgan fingerprint density at radius 1 is 1.45 bits per heavy atom. The molecule has 0 spiro atoms. The molecule has 2 unspecified atom stereocenters. The summed E-state index contributed by atoms with van der Waals surface area (Å²) in [6, 6.07) is 6.14. The zero-order valence-corrected chi connectivity index (χ0v) is 12.8. The van der Waals surface area contributed by atoms with Crippen molar-refractivity contribution in [2.45, 2.75) is 31.8 Å². The fourth-order valence-corrected chi connectivity index (χ4v) is 3.06. The van der Waals surface area contributed by atoms with E-state index in [2.05, 4.69) is 23.9 Å². The van der Waals surface area contributed by atoms with Crippen LogP contribution in [0.4, 0.5) is 4.39 Å². The minimum Gasteiger partial charge on any atom is -0.329 e. The van der Waals surface area contributed by atoms with Gasteiger partial charge in [0, 0.05) is 25.2 Å². The molecule has 1 aromatic rings. The first kappa shape index (κ1) is 15.4. The number of halogens is 1. The maximum Gasteiger partial charge on any atom is 0.126 e. The number of likely N-dealkylation sites (N-methyl/N-ethyl adjacent to an activating group) is 1. The van der Waals surface area contributed by atoms with E-state index in [1.807, 2.05) is 19.1 Å². The van der Waals surface area contributed by atoms with Crippen molar-refractivity contribution in [3.05, 3.63) is 35.1 Å². The molecule has 0 aromatic heterocycles. The minimum absolute atomic E-state index is 0.144. The first-order valence-electron chi connectivity index (χ1n) is 7.39. The highest BCUT2D eigenvalue weighted by Crippen LogP contribution is 2.26. The van der Waals surface area contributed by atoms with Gasteiger partial charge in [-0.05, 0) is 57.6 Å². The Balaban J connectivity index is 2.16. The van der Waals surface area contributed by atoms with Gasteiger partial charge in [0.1, 0.15) is 5.82 Å². The Hall–Kier alpha value is -0.970. The maximum atomic E-state index is 13.4. The van der Waals surface area contributed by atoms with Gasteiger partial charge in [0.05, 0.1) is 0 Å². The molecule has 0 saturated carbocycles. The SMILES string of the molecule is Cc1cc(C(CN)N2CCCC(N(C)C)C2)ccc1F. The highest BCUT2D eigenvalue weighted by Gasteiger charge is 2.27. The van der Waals surface area contributed by atoms with Gasteiger partial charge in [0.2, 0.25) is 0 Å². The van der Waals surface area contributed by atoms with Crippen molar-refractivity contribution < 1.29 is 4.39 Å². The maximum absolute atomic E-state index is 13.4. The predicted molar refractivity (Wildman–Crippen MR) is 81.2 cm³/mol. The molecule has 4 heteroatoms. The lowest BCUT2D eigenvalue weighted by atomic mass is 9.98. The van der Waals surface area contributed by atoms with Crippen molar-refractivity contribution in [2.24, 2.45) is 5.73 Å². The summed E-state index contributed by atoms with van der Waals surface area (Å²) in [7, 11) is 4.27. The van der Waals surface area contributed by atoms with Crippen LogP contribution in [0.1, 0.15) is 30.0 Å². The molecular formula is C16H26FN3. The monoisotopic (exact) mass is 279 g/mol. The van der Waals surface area contributed by atoms with E-state index in [1.165, 1.54) is 12.8 Å². The van der Waals surface area contributed by atoms with Gasteiger partial charge in [-0.2, -0.15) is 0 Å². The molecule has 1 aliphatic rings. The molecule has 1 fully saturated rings. The summed E-state index contributed by atoms with van der Waals surface area (Å²) in [5.74, 6) is -0.144. The molecule has 1 aliphatic heterocycles. The number of nitrogens with zero attached hydrogens (tertiary/aromatic N) is 2. The second-order valence-electron chi connectivity index (χ2n) is 6.01. The van der Waals surface area contributed by atoms with Gasteiger partial charge < -0.3 is 10.6 Å². The smallest absolute Gasteiger partial charge is 0.126 e. The summed E-state index contributed by atoms with van der Waals surface area (Å²) in [6.45, 7) is 4.49. The summed E-state index contributed by atoms with van der Waals surface area (Å²) < 4.78 is 13.4. The topological polar surface area (TPSA) is 32.5 Å². The second-order valence-corrected chi connectivity index (χ2v) is 6.01.